The van der Waals surface area contributed by atoms with Gasteiger partial charge in [0.05, 0.1) is 0 Å². The first-order valence-electron chi connectivity index (χ1n) is 7.76. The third-order valence-corrected chi connectivity index (χ3v) is 6.29. The molecule has 5 rings (SSSR count). The Morgan fingerprint density at radius 3 is 2.65 bits per heavy atom. The van der Waals surface area contributed by atoms with Crippen molar-refractivity contribution >= 4 is 24.3 Å². The Bertz CT molecular complexity index is 611. The van der Waals surface area contributed by atoms with E-state index in [0.717, 1.165) is 4.46 Å². The number of fused-ring (bicyclic) bond motifs is 1. The van der Waals surface area contributed by atoms with Crippen LogP contribution in [0.5, 0.6) is 0 Å². The average Bonchev–Trinajstić information content (AvgIpc) is 3.00. The minimum atomic E-state index is -0.785. The number of carbonyl (C=O) groups is 1. The monoisotopic (exact) mass is 382 g/mol. The van der Waals surface area contributed by atoms with Gasteiger partial charge >= 0.3 is 140 Å². The summed E-state index contributed by atoms with van der Waals surface area (Å²) in [6.07, 6.45) is 3.29. The van der Waals surface area contributed by atoms with Gasteiger partial charge in [-0.15, -0.1) is 0 Å². The van der Waals surface area contributed by atoms with Crippen LogP contribution < -0.4 is 4.46 Å². The Balaban J connectivity index is 1.45. The molecule has 1 aliphatic heterocycles. The number of carbonyl (C=O) groups excluding carboxylic acids is 1. The molecule has 0 radical (unpaired) electrons. The molecule has 0 amide bonds. The second-order valence-electron chi connectivity index (χ2n) is 6.03. The molecule has 2 unspecified atom stereocenters. The molecule has 23 heavy (non-hydrogen) atoms. The molecule has 4 aliphatic rings. The summed E-state index contributed by atoms with van der Waals surface area (Å²) in [6, 6.07) is 9.56. The predicted octanol–water partition coefficient (Wildman–Crippen LogP) is 0.831. The molecule has 1 aromatic carbocycles. The molecule has 0 aromatic heterocycles. The van der Waals surface area contributed by atoms with Crippen LogP contribution in [0.25, 0.3) is 0 Å². The van der Waals surface area contributed by atoms with E-state index in [1.807, 2.05) is 42.5 Å². The number of aliphatic hydroxyl groups excluding tert-OH is 1. The molecular weight excluding hydrogens is 363 g/mol. The summed E-state index contributed by atoms with van der Waals surface area (Å²) in [6.45, 7) is 1.09. The van der Waals surface area contributed by atoms with Gasteiger partial charge in [-0.2, -0.15) is 0 Å². The summed E-state index contributed by atoms with van der Waals surface area (Å²) in [7, 11) is 0. The van der Waals surface area contributed by atoms with Crippen molar-refractivity contribution in [2.75, 3.05) is 13.2 Å². The van der Waals surface area contributed by atoms with Crippen molar-refractivity contribution in [2.24, 2.45) is 11.8 Å². The van der Waals surface area contributed by atoms with Crippen molar-refractivity contribution in [3.05, 3.63) is 42.5 Å². The fourth-order valence-corrected chi connectivity index (χ4v) is 5.01. The average molecular weight is 381 g/mol. The second-order valence-corrected chi connectivity index (χ2v) is 8.14. The summed E-state index contributed by atoms with van der Waals surface area (Å²) in [5.74, 6) is -1.08. The van der Waals surface area contributed by atoms with Gasteiger partial charge in [0.2, 0.25) is 0 Å². The van der Waals surface area contributed by atoms with E-state index in [1.54, 1.807) is 0 Å². The first-order chi connectivity index (χ1) is 11.2. The molecule has 1 saturated heterocycles. The molecule has 5 nitrogen and oxygen atoms in total. The van der Waals surface area contributed by atoms with E-state index in [2.05, 4.69) is 0 Å². The van der Waals surface area contributed by atoms with Gasteiger partial charge in [0.25, 0.3) is 0 Å². The number of aliphatic hydroxyl groups is 1. The van der Waals surface area contributed by atoms with Crippen LogP contribution >= 0.6 is 0 Å². The zero-order chi connectivity index (χ0) is 15.9. The molecule has 2 bridgehead atoms. The molecule has 6 heteroatoms. The van der Waals surface area contributed by atoms with Crippen molar-refractivity contribution < 1.29 is 24.1 Å². The van der Waals surface area contributed by atoms with Crippen molar-refractivity contribution in [1.29, 1.82) is 0 Å². The topological polar surface area (TPSA) is 65.0 Å². The molecule has 122 valence electrons. The molecule has 1 heterocycles. The van der Waals surface area contributed by atoms with Crippen LogP contribution in [0, 0.1) is 11.8 Å². The summed E-state index contributed by atoms with van der Waals surface area (Å²) < 4.78 is 18.1. The van der Waals surface area contributed by atoms with Crippen molar-refractivity contribution in [2.45, 2.75) is 24.4 Å². The van der Waals surface area contributed by atoms with E-state index in [4.69, 9.17) is 14.2 Å². The normalized spacial score (nSPS) is 34.0. The number of rotatable bonds is 3. The molecule has 3 aliphatic carbocycles. The summed E-state index contributed by atoms with van der Waals surface area (Å²) >= 11 is -0.403. The van der Waals surface area contributed by atoms with Crippen molar-refractivity contribution in [1.82, 2.24) is 0 Å². The standard InChI is InChI=1S/C17H18O5Se/c18-14-13-7-6-11(10-17(13)20-8-9-21-17)15(14)22-16(19)23-12-4-2-1-3-5-12/h1-7,11,13-15,18H,8-10H2/t11?,13?,14-,15+/m1/s1. The zero-order valence-corrected chi connectivity index (χ0v) is 14.2. The van der Waals surface area contributed by atoms with Crippen LogP contribution in [0.3, 0.4) is 0 Å². The van der Waals surface area contributed by atoms with E-state index < -0.39 is 33.0 Å². The Morgan fingerprint density at radius 2 is 1.96 bits per heavy atom. The maximum atomic E-state index is 12.2. The van der Waals surface area contributed by atoms with E-state index in [0.29, 0.717) is 19.6 Å². The zero-order valence-electron chi connectivity index (χ0n) is 12.5. The SMILES string of the molecule is O=C(O[C@H]1C2C=CC([C@H]1O)C1(C2)OCCO1)[Se]c1ccccc1. The third-order valence-electron chi connectivity index (χ3n) is 4.67. The Kier molecular flexibility index (Phi) is 4.03. The van der Waals surface area contributed by atoms with Gasteiger partial charge in [-0.05, 0) is 0 Å². The van der Waals surface area contributed by atoms with Gasteiger partial charge in [-0.3, -0.25) is 0 Å². The molecular formula is C17H18O5Se. The van der Waals surface area contributed by atoms with Gasteiger partial charge in [-0.1, -0.05) is 0 Å². The van der Waals surface area contributed by atoms with Crippen LogP contribution in [-0.4, -0.2) is 56.1 Å². The molecule has 1 aromatic rings. The molecule has 1 N–H and O–H groups in total. The van der Waals surface area contributed by atoms with Crippen LogP contribution in [0.2, 0.25) is 0 Å². The summed E-state index contributed by atoms with van der Waals surface area (Å²) in [5.41, 5.74) is 0. The van der Waals surface area contributed by atoms with Crippen LogP contribution in [-0.2, 0) is 14.2 Å². The van der Waals surface area contributed by atoms with Gasteiger partial charge in [0.1, 0.15) is 0 Å². The van der Waals surface area contributed by atoms with E-state index >= 15 is 0 Å². The van der Waals surface area contributed by atoms with Crippen LogP contribution in [0.1, 0.15) is 6.42 Å². The Morgan fingerprint density at radius 1 is 1.22 bits per heavy atom. The third kappa shape index (κ3) is 2.75. The number of hydrogen-bond acceptors (Lipinski definition) is 5. The van der Waals surface area contributed by atoms with Crippen LogP contribution in [0.15, 0.2) is 42.5 Å². The number of benzene rings is 1. The molecule has 4 atom stereocenters. The van der Waals surface area contributed by atoms with E-state index in [-0.39, 0.29) is 16.7 Å². The Hall–Kier alpha value is -1.17. The van der Waals surface area contributed by atoms with E-state index in [9.17, 15) is 9.90 Å². The minimum absolute atomic E-state index is 0.0661. The van der Waals surface area contributed by atoms with Gasteiger partial charge in [0, 0.05) is 0 Å². The fourth-order valence-electron chi connectivity index (χ4n) is 3.66. The van der Waals surface area contributed by atoms with Gasteiger partial charge in [0.15, 0.2) is 0 Å². The summed E-state index contributed by atoms with van der Waals surface area (Å²) in [4.78, 5) is 12.0. The van der Waals surface area contributed by atoms with Gasteiger partial charge in [-0.25, -0.2) is 0 Å². The first kappa shape index (κ1) is 15.4. The molecule has 1 saturated carbocycles. The van der Waals surface area contributed by atoms with E-state index in [1.165, 1.54) is 0 Å². The number of ether oxygens (including phenoxy) is 3. The quantitative estimate of drug-likeness (QED) is 0.621. The predicted molar refractivity (Wildman–Crippen MR) is 83.5 cm³/mol. The van der Waals surface area contributed by atoms with Gasteiger partial charge < -0.3 is 0 Å². The summed E-state index contributed by atoms with van der Waals surface area (Å²) in [5, 5.41) is 10.6. The van der Waals surface area contributed by atoms with Crippen molar-refractivity contribution in [3.8, 4) is 0 Å². The molecule has 2 fully saturated rings. The van der Waals surface area contributed by atoms with Crippen molar-refractivity contribution in [3.63, 3.8) is 0 Å². The fraction of sp³-hybridized carbons (Fsp3) is 0.471. The Labute approximate surface area is 140 Å². The maximum absolute atomic E-state index is 12.2. The second kappa shape index (κ2) is 6.04. The first-order valence-corrected chi connectivity index (χ1v) is 9.47. The molecule has 1 spiro atoms. The van der Waals surface area contributed by atoms with Crippen LogP contribution in [0.4, 0.5) is 4.79 Å². The number of hydrogen-bond donors (Lipinski definition) is 1.